The van der Waals surface area contributed by atoms with Crippen LogP contribution < -0.4 is 10.6 Å². The maximum Gasteiger partial charge on any atom is 0.248 e. The first-order chi connectivity index (χ1) is 11.6. The number of aromatic nitrogens is 3. The van der Waals surface area contributed by atoms with Gasteiger partial charge in [-0.25, -0.2) is 14.1 Å². The van der Waals surface area contributed by atoms with Crippen molar-refractivity contribution in [2.75, 3.05) is 10.6 Å². The Morgan fingerprint density at radius 1 is 1.17 bits per heavy atom. The molecule has 0 aliphatic carbocycles. The Bertz CT molecular complexity index is 861. The Morgan fingerprint density at radius 2 is 2.00 bits per heavy atom. The lowest BCUT2D eigenvalue weighted by atomic mass is 10.2. The molecule has 0 fully saturated rings. The highest BCUT2D eigenvalue weighted by molar-refractivity contribution is 7.80. The summed E-state index contributed by atoms with van der Waals surface area (Å²) >= 11 is 5.26. The number of nitrogens with zero attached hydrogens (tertiary/aromatic N) is 3. The van der Waals surface area contributed by atoms with E-state index in [0.29, 0.717) is 17.6 Å². The minimum absolute atomic E-state index is 0.269. The zero-order valence-corrected chi connectivity index (χ0v) is 13.8. The number of rotatable bonds is 4. The third kappa shape index (κ3) is 4.36. The Balaban J connectivity index is 1.60. The second-order valence-electron chi connectivity index (χ2n) is 5.34. The van der Waals surface area contributed by atoms with Crippen LogP contribution in [-0.4, -0.2) is 19.9 Å². The van der Waals surface area contributed by atoms with Gasteiger partial charge in [-0.3, -0.25) is 5.32 Å². The van der Waals surface area contributed by atoms with Crippen LogP contribution in [0.15, 0.2) is 54.9 Å². The topological polar surface area (TPSA) is 54.8 Å². The zero-order valence-electron chi connectivity index (χ0n) is 13.0. The van der Waals surface area contributed by atoms with Crippen LogP contribution in [0.1, 0.15) is 11.1 Å². The fourth-order valence-corrected chi connectivity index (χ4v) is 2.45. The molecule has 0 spiro atoms. The standard InChI is InChI=1S/C17H16FN5S/c1-12-4-2-7-15(8-12)20-17(24)21-16-19-11-23(22-16)10-13-5-3-6-14(18)9-13/h2-9,11H,10H2,1H3,(H2,20,21,22,24). The minimum atomic E-state index is -0.269. The van der Waals surface area contributed by atoms with Gasteiger partial charge in [0.1, 0.15) is 12.1 Å². The molecule has 0 bridgehead atoms. The summed E-state index contributed by atoms with van der Waals surface area (Å²) in [5.41, 5.74) is 2.85. The molecular weight excluding hydrogens is 325 g/mol. The van der Waals surface area contributed by atoms with Gasteiger partial charge in [0, 0.05) is 5.69 Å². The average molecular weight is 341 g/mol. The molecule has 0 saturated carbocycles. The first-order valence-corrected chi connectivity index (χ1v) is 7.78. The molecule has 3 rings (SSSR count). The lowest BCUT2D eigenvalue weighted by Crippen LogP contribution is -2.20. The van der Waals surface area contributed by atoms with Crippen LogP contribution >= 0.6 is 12.2 Å². The third-order valence-corrected chi connectivity index (χ3v) is 3.48. The van der Waals surface area contributed by atoms with Crippen molar-refractivity contribution in [1.82, 2.24) is 14.8 Å². The largest absolute Gasteiger partial charge is 0.332 e. The van der Waals surface area contributed by atoms with E-state index in [0.717, 1.165) is 16.8 Å². The maximum absolute atomic E-state index is 13.2. The molecule has 1 heterocycles. The summed E-state index contributed by atoms with van der Waals surface area (Å²) < 4.78 is 14.8. The Morgan fingerprint density at radius 3 is 2.79 bits per heavy atom. The van der Waals surface area contributed by atoms with E-state index in [-0.39, 0.29) is 5.82 Å². The fraction of sp³-hybridized carbons (Fsp3) is 0.118. The smallest absolute Gasteiger partial charge is 0.248 e. The predicted octanol–water partition coefficient (Wildman–Crippen LogP) is 3.58. The van der Waals surface area contributed by atoms with Crippen LogP contribution in [0.4, 0.5) is 16.0 Å². The fourth-order valence-electron chi connectivity index (χ4n) is 2.24. The number of benzene rings is 2. The number of nitrogens with one attached hydrogen (secondary N) is 2. The van der Waals surface area contributed by atoms with E-state index >= 15 is 0 Å². The van der Waals surface area contributed by atoms with Gasteiger partial charge in [0.2, 0.25) is 5.95 Å². The summed E-state index contributed by atoms with van der Waals surface area (Å²) in [5.74, 6) is 0.117. The molecule has 7 heteroatoms. The molecule has 3 aromatic rings. The highest BCUT2D eigenvalue weighted by atomic mass is 32.1. The molecule has 5 nitrogen and oxygen atoms in total. The lowest BCUT2D eigenvalue weighted by molar-refractivity contribution is 0.619. The van der Waals surface area contributed by atoms with Crippen molar-refractivity contribution < 1.29 is 4.39 Å². The van der Waals surface area contributed by atoms with Crippen molar-refractivity contribution in [2.45, 2.75) is 13.5 Å². The molecule has 24 heavy (non-hydrogen) atoms. The summed E-state index contributed by atoms with van der Waals surface area (Å²) in [7, 11) is 0. The van der Waals surface area contributed by atoms with E-state index in [2.05, 4.69) is 20.7 Å². The quantitative estimate of drug-likeness (QED) is 0.711. The van der Waals surface area contributed by atoms with Crippen molar-refractivity contribution in [2.24, 2.45) is 0 Å². The Labute approximate surface area is 144 Å². The molecule has 0 radical (unpaired) electrons. The van der Waals surface area contributed by atoms with Crippen molar-refractivity contribution in [1.29, 1.82) is 0 Å². The molecule has 0 aliphatic heterocycles. The van der Waals surface area contributed by atoms with Gasteiger partial charge in [0.25, 0.3) is 0 Å². The first kappa shape index (κ1) is 16.1. The molecule has 122 valence electrons. The van der Waals surface area contributed by atoms with Gasteiger partial charge in [-0.15, -0.1) is 5.10 Å². The number of anilines is 2. The normalized spacial score (nSPS) is 10.4. The SMILES string of the molecule is Cc1cccc(NC(=S)Nc2ncn(Cc3cccc(F)c3)n2)c1. The van der Waals surface area contributed by atoms with Gasteiger partial charge >= 0.3 is 0 Å². The van der Waals surface area contributed by atoms with E-state index in [1.165, 1.54) is 12.1 Å². The number of thiocarbonyl (C=S) groups is 1. The Hall–Kier alpha value is -2.80. The van der Waals surface area contributed by atoms with Gasteiger partial charge in [-0.05, 0) is 54.5 Å². The van der Waals surface area contributed by atoms with Crippen LogP contribution in [0.5, 0.6) is 0 Å². The van der Waals surface area contributed by atoms with Crippen molar-refractivity contribution in [3.8, 4) is 0 Å². The zero-order chi connectivity index (χ0) is 16.9. The van der Waals surface area contributed by atoms with Gasteiger partial charge in [-0.1, -0.05) is 24.3 Å². The minimum Gasteiger partial charge on any atom is -0.332 e. The monoisotopic (exact) mass is 341 g/mol. The maximum atomic E-state index is 13.2. The number of halogens is 1. The molecule has 0 saturated heterocycles. The Kier molecular flexibility index (Phi) is 4.81. The van der Waals surface area contributed by atoms with E-state index < -0.39 is 0 Å². The highest BCUT2D eigenvalue weighted by Gasteiger charge is 2.05. The van der Waals surface area contributed by atoms with Crippen LogP contribution in [0, 0.1) is 12.7 Å². The predicted molar refractivity (Wildman–Crippen MR) is 96.5 cm³/mol. The summed E-state index contributed by atoms with van der Waals surface area (Å²) in [6.45, 7) is 2.45. The molecule has 2 N–H and O–H groups in total. The van der Waals surface area contributed by atoms with E-state index in [1.54, 1.807) is 17.1 Å². The summed E-state index contributed by atoms with van der Waals surface area (Å²) in [4.78, 5) is 4.15. The van der Waals surface area contributed by atoms with Crippen molar-refractivity contribution >= 4 is 29.0 Å². The first-order valence-electron chi connectivity index (χ1n) is 7.37. The second-order valence-corrected chi connectivity index (χ2v) is 5.75. The number of aryl methyl sites for hydroxylation is 1. The van der Waals surface area contributed by atoms with Gasteiger partial charge in [0.15, 0.2) is 5.11 Å². The molecule has 0 amide bonds. The van der Waals surface area contributed by atoms with E-state index in [9.17, 15) is 4.39 Å². The van der Waals surface area contributed by atoms with Crippen molar-refractivity contribution in [3.63, 3.8) is 0 Å². The van der Waals surface area contributed by atoms with Gasteiger partial charge < -0.3 is 5.32 Å². The lowest BCUT2D eigenvalue weighted by Gasteiger charge is -2.08. The molecule has 2 aromatic carbocycles. The van der Waals surface area contributed by atoms with E-state index in [4.69, 9.17) is 12.2 Å². The highest BCUT2D eigenvalue weighted by Crippen LogP contribution is 2.10. The van der Waals surface area contributed by atoms with Gasteiger partial charge in [0.05, 0.1) is 6.54 Å². The average Bonchev–Trinajstić information content (AvgIpc) is 2.94. The summed E-state index contributed by atoms with van der Waals surface area (Å²) in [6.07, 6.45) is 1.57. The van der Waals surface area contributed by atoms with Crippen LogP contribution in [0.2, 0.25) is 0 Å². The number of hydrogen-bond donors (Lipinski definition) is 2. The second kappa shape index (κ2) is 7.18. The molecule has 1 aromatic heterocycles. The van der Waals surface area contributed by atoms with Crippen LogP contribution in [-0.2, 0) is 6.54 Å². The van der Waals surface area contributed by atoms with Crippen molar-refractivity contribution in [3.05, 3.63) is 71.8 Å². The summed E-state index contributed by atoms with van der Waals surface area (Å²) in [5, 5.41) is 10.7. The molecule has 0 unspecified atom stereocenters. The van der Waals surface area contributed by atoms with Crippen LogP contribution in [0.3, 0.4) is 0 Å². The van der Waals surface area contributed by atoms with E-state index in [1.807, 2.05) is 37.3 Å². The summed E-state index contributed by atoms with van der Waals surface area (Å²) in [6, 6.07) is 14.3. The number of hydrogen-bond acceptors (Lipinski definition) is 3. The third-order valence-electron chi connectivity index (χ3n) is 3.27. The molecular formula is C17H16FN5S. The molecule has 0 atom stereocenters. The molecule has 0 aliphatic rings. The van der Waals surface area contributed by atoms with Gasteiger partial charge in [-0.2, -0.15) is 0 Å². The van der Waals surface area contributed by atoms with Crippen LogP contribution in [0.25, 0.3) is 0 Å².